The molecule has 0 bridgehead atoms. The van der Waals surface area contributed by atoms with E-state index in [9.17, 15) is 4.79 Å². The van der Waals surface area contributed by atoms with Gasteiger partial charge in [-0.25, -0.2) is 0 Å². The fourth-order valence-electron chi connectivity index (χ4n) is 5.37. The number of halogens is 2. The first kappa shape index (κ1) is 33.9. The number of carbonyl (C=O) groups excluding carboxylic acids is 1. The molecule has 201 valence electrons. The van der Waals surface area contributed by atoms with Crippen LogP contribution in [0.5, 0.6) is 0 Å². The number of allylic oxidation sites excluding steroid dienone is 4. The van der Waals surface area contributed by atoms with Gasteiger partial charge in [0.2, 0.25) is 0 Å². The number of unbranched alkanes of at least 4 members (excludes halogenated alkanes) is 6. The molecule has 0 heterocycles. The summed E-state index contributed by atoms with van der Waals surface area (Å²) >= 11 is -2.18. The Morgan fingerprint density at radius 2 is 1.27 bits per heavy atom. The van der Waals surface area contributed by atoms with E-state index in [1.165, 1.54) is 65.6 Å². The van der Waals surface area contributed by atoms with E-state index in [1.54, 1.807) is 3.88 Å². The SMILES string of the molecule is CCCCCCCCCC(=O)[NH][Ti+2]([C]1=C(C)C(C)=C(C)C1C)[SiH](c1ccccc1)c1ccccc1.[Cl-].[Cl-]. The average Bonchev–Trinajstić information content (AvgIpc) is 3.06. The van der Waals surface area contributed by atoms with E-state index in [0.717, 1.165) is 6.42 Å². The van der Waals surface area contributed by atoms with Crippen LogP contribution in [-0.4, -0.2) is 12.6 Å². The monoisotopic (exact) mass is 592 g/mol. The van der Waals surface area contributed by atoms with Crippen LogP contribution < -0.4 is 39.0 Å². The van der Waals surface area contributed by atoms with Crippen molar-refractivity contribution in [2.75, 3.05) is 0 Å². The summed E-state index contributed by atoms with van der Waals surface area (Å²) in [7, 11) is 0. The third-order valence-electron chi connectivity index (χ3n) is 7.77. The van der Waals surface area contributed by atoms with Gasteiger partial charge in [0.1, 0.15) is 0 Å². The Labute approximate surface area is 245 Å². The maximum Gasteiger partial charge on any atom is -1.00 e. The second kappa shape index (κ2) is 17.5. The summed E-state index contributed by atoms with van der Waals surface area (Å²) in [5, 5.41) is 2.92. The van der Waals surface area contributed by atoms with Gasteiger partial charge in [0.15, 0.2) is 0 Å². The molecule has 1 aliphatic rings. The molecule has 1 atom stereocenters. The van der Waals surface area contributed by atoms with Crippen LogP contribution in [0.2, 0.25) is 0 Å². The molecule has 1 N–H and O–H groups in total. The minimum atomic E-state index is -2.18. The van der Waals surface area contributed by atoms with Crippen molar-refractivity contribution in [3.05, 3.63) is 81.3 Å². The second-order valence-corrected chi connectivity index (χ2v) is 20.0. The molecule has 1 amide bonds. The van der Waals surface area contributed by atoms with Gasteiger partial charge in [0, 0.05) is 0 Å². The molecule has 6 heteroatoms. The predicted molar refractivity (Wildman–Crippen MR) is 150 cm³/mol. The number of nitrogens with one attached hydrogen (secondary N) is 1. The molecule has 3 rings (SSSR count). The van der Waals surface area contributed by atoms with Gasteiger partial charge in [0.25, 0.3) is 0 Å². The normalized spacial score (nSPS) is 14.9. The summed E-state index contributed by atoms with van der Waals surface area (Å²) in [5.74, 6) is 0.721. The van der Waals surface area contributed by atoms with Gasteiger partial charge in [-0.3, -0.25) is 0 Å². The maximum atomic E-state index is 13.4. The summed E-state index contributed by atoms with van der Waals surface area (Å²) in [4.78, 5) is 13.4. The minimum absolute atomic E-state index is 0. The first-order chi connectivity index (χ1) is 17.0. The van der Waals surface area contributed by atoms with E-state index in [-0.39, 0.29) is 30.7 Å². The summed E-state index contributed by atoms with van der Waals surface area (Å²) in [6, 6.07) is 22.1. The van der Waals surface area contributed by atoms with E-state index in [0.29, 0.717) is 12.3 Å². The molecule has 1 aliphatic carbocycles. The molecule has 0 fully saturated rings. The van der Waals surface area contributed by atoms with Gasteiger partial charge in [-0.1, -0.05) is 0 Å². The van der Waals surface area contributed by atoms with Crippen molar-refractivity contribution < 1.29 is 47.0 Å². The molecule has 0 aromatic heterocycles. The average molecular weight is 594 g/mol. The van der Waals surface area contributed by atoms with Crippen molar-refractivity contribution in [1.82, 2.24) is 3.80 Å². The zero-order valence-electron chi connectivity index (χ0n) is 23.2. The van der Waals surface area contributed by atoms with Crippen molar-refractivity contribution in [3.63, 3.8) is 0 Å². The fourth-order valence-corrected chi connectivity index (χ4v) is 20.6. The van der Waals surface area contributed by atoms with Gasteiger partial charge in [0.05, 0.1) is 0 Å². The zero-order chi connectivity index (χ0) is 25.2. The Hall–Kier alpha value is -1.10. The summed E-state index contributed by atoms with van der Waals surface area (Å²) < 4.78 is 5.37. The number of amides is 1. The van der Waals surface area contributed by atoms with Crippen LogP contribution in [0, 0.1) is 5.92 Å². The van der Waals surface area contributed by atoms with Crippen molar-refractivity contribution in [2.24, 2.45) is 5.92 Å². The molecule has 2 nitrogen and oxygen atoms in total. The first-order valence-electron chi connectivity index (χ1n) is 13.6. The molecule has 0 aliphatic heterocycles. The summed E-state index contributed by atoms with van der Waals surface area (Å²) in [6.45, 7) is 9.86. The van der Waals surface area contributed by atoms with Gasteiger partial charge in [-0.05, 0) is 0 Å². The van der Waals surface area contributed by atoms with Crippen LogP contribution in [0.15, 0.2) is 81.3 Å². The minimum Gasteiger partial charge on any atom is -1.00 e. The number of hydrogen-bond acceptors (Lipinski definition) is 1. The van der Waals surface area contributed by atoms with Crippen LogP contribution >= 0.6 is 0 Å². The quantitative estimate of drug-likeness (QED) is 0.268. The van der Waals surface area contributed by atoms with E-state index in [1.807, 2.05) is 0 Å². The molecular formula is C31H44Cl2NOSiTi. The van der Waals surface area contributed by atoms with Gasteiger partial charge in [-0.2, -0.15) is 0 Å². The van der Waals surface area contributed by atoms with Crippen LogP contribution in [0.3, 0.4) is 0 Å². The Bertz CT molecular complexity index is 987. The summed E-state index contributed by atoms with van der Waals surface area (Å²) in [6.07, 6.45) is 9.35. The number of benzene rings is 2. The molecule has 0 saturated carbocycles. The second-order valence-electron chi connectivity index (χ2n) is 10.2. The van der Waals surface area contributed by atoms with E-state index >= 15 is 0 Å². The topological polar surface area (TPSA) is 29.1 Å². The Balaban J connectivity index is 0.00000342. The van der Waals surface area contributed by atoms with Crippen molar-refractivity contribution in [1.29, 1.82) is 0 Å². The van der Waals surface area contributed by atoms with E-state index < -0.39 is 24.0 Å². The molecule has 1 unspecified atom stereocenters. The first-order valence-corrected chi connectivity index (χ1v) is 19.6. The molecule has 37 heavy (non-hydrogen) atoms. The van der Waals surface area contributed by atoms with Gasteiger partial charge >= 0.3 is 222 Å². The Kier molecular flexibility index (Phi) is 16.0. The molecule has 2 aromatic carbocycles. The van der Waals surface area contributed by atoms with Crippen molar-refractivity contribution in [3.8, 4) is 0 Å². The van der Waals surface area contributed by atoms with Crippen LogP contribution in [0.4, 0.5) is 0 Å². The van der Waals surface area contributed by atoms with E-state index in [2.05, 4.69) is 99.1 Å². The zero-order valence-corrected chi connectivity index (χ0v) is 27.5. The molecule has 0 radical (unpaired) electrons. The van der Waals surface area contributed by atoms with Crippen LogP contribution in [0.1, 0.15) is 86.0 Å². The Morgan fingerprint density at radius 3 is 1.73 bits per heavy atom. The summed E-state index contributed by atoms with van der Waals surface area (Å²) in [5.41, 5.74) is 4.37. The van der Waals surface area contributed by atoms with Crippen molar-refractivity contribution in [2.45, 2.75) is 86.0 Å². The van der Waals surface area contributed by atoms with Gasteiger partial charge in [-0.15, -0.1) is 0 Å². The van der Waals surface area contributed by atoms with E-state index in [4.69, 9.17) is 0 Å². The molecule has 0 spiro atoms. The number of hydrogen-bond donors (Lipinski definition) is 1. The smallest absolute Gasteiger partial charge is 1.00 e. The largest absolute Gasteiger partial charge is 1.00 e. The molecule has 2 aromatic rings. The maximum absolute atomic E-state index is 13.4. The van der Waals surface area contributed by atoms with Gasteiger partial charge < -0.3 is 24.8 Å². The fraction of sp³-hybridized carbons (Fsp3) is 0.452. The third kappa shape index (κ3) is 9.25. The molecular weight excluding hydrogens is 549 g/mol. The Morgan fingerprint density at radius 1 is 0.784 bits per heavy atom. The van der Waals surface area contributed by atoms with Crippen molar-refractivity contribution >= 4 is 22.9 Å². The standard InChI is InChI=1S/C12H11Si.C10H21NO.C9H13.2ClH.Ti/c1-3-7-11(8-4-1)13-12-9-5-2-6-10-12;1-2-3-4-5-6-7-8-9-10(11)12;1-6-5-7(2)9(4)8(6)3;;;/h1-10,13H;2-9H2,1H3,(H2,11,12);6H,1-4H3;2*1H;/q;;;;;+3/p-3. The molecule has 0 saturated heterocycles. The number of rotatable bonds is 13. The predicted octanol–water partition coefficient (Wildman–Crippen LogP) is 0.583. The third-order valence-corrected chi connectivity index (χ3v) is 21.2. The van der Waals surface area contributed by atoms with Crippen LogP contribution in [-0.2, 0) is 22.2 Å². The number of carbonyl (C=O) groups is 1. The van der Waals surface area contributed by atoms with Crippen LogP contribution in [0.25, 0.3) is 0 Å².